The lowest BCUT2D eigenvalue weighted by Gasteiger charge is -2.31. The molecule has 0 bridgehead atoms. The SMILES string of the molecule is C=N/C(=C(CO)\C(Cl)=C/C)N1CCn2c(cc3c2CC(C)(C)C3)C1=O. The van der Waals surface area contributed by atoms with Crippen molar-refractivity contribution in [2.45, 2.75) is 40.2 Å². The summed E-state index contributed by atoms with van der Waals surface area (Å²) in [7, 11) is 0. The first-order chi connectivity index (χ1) is 11.8. The number of aromatic nitrogens is 1. The van der Waals surface area contributed by atoms with Crippen LogP contribution in [0.4, 0.5) is 0 Å². The zero-order valence-corrected chi connectivity index (χ0v) is 15.7. The molecule has 0 fully saturated rings. The molecule has 0 spiro atoms. The first-order valence-electron chi connectivity index (χ1n) is 8.49. The number of halogens is 1. The van der Waals surface area contributed by atoms with E-state index in [1.807, 2.05) is 6.07 Å². The third-order valence-electron chi connectivity index (χ3n) is 5.00. The van der Waals surface area contributed by atoms with E-state index >= 15 is 0 Å². The van der Waals surface area contributed by atoms with Crippen molar-refractivity contribution in [3.8, 4) is 0 Å². The predicted octanol–water partition coefficient (Wildman–Crippen LogP) is 3.12. The van der Waals surface area contributed by atoms with Crippen LogP contribution in [0, 0.1) is 5.41 Å². The van der Waals surface area contributed by atoms with Crippen LogP contribution in [0.15, 0.2) is 33.6 Å². The van der Waals surface area contributed by atoms with Gasteiger partial charge in [-0.05, 0) is 43.5 Å². The van der Waals surface area contributed by atoms with Crippen LogP contribution in [0.1, 0.15) is 42.5 Å². The van der Waals surface area contributed by atoms with E-state index in [1.54, 1.807) is 17.9 Å². The summed E-state index contributed by atoms with van der Waals surface area (Å²) in [6.07, 6.45) is 3.65. The van der Waals surface area contributed by atoms with Crippen LogP contribution in [0.25, 0.3) is 0 Å². The Labute approximate surface area is 153 Å². The van der Waals surface area contributed by atoms with Crippen LogP contribution in [-0.4, -0.2) is 40.3 Å². The van der Waals surface area contributed by atoms with Gasteiger partial charge in [0.1, 0.15) is 11.5 Å². The topological polar surface area (TPSA) is 57.8 Å². The van der Waals surface area contributed by atoms with Gasteiger partial charge in [0.25, 0.3) is 5.91 Å². The summed E-state index contributed by atoms with van der Waals surface area (Å²) in [6, 6.07) is 2.01. The third kappa shape index (κ3) is 2.96. The maximum atomic E-state index is 13.1. The maximum absolute atomic E-state index is 13.1. The number of aliphatic imine (C=N–C) groups is 1. The second-order valence-electron chi connectivity index (χ2n) is 7.38. The van der Waals surface area contributed by atoms with Crippen molar-refractivity contribution in [1.82, 2.24) is 9.47 Å². The van der Waals surface area contributed by atoms with Crippen LogP contribution >= 0.6 is 11.6 Å². The summed E-state index contributed by atoms with van der Waals surface area (Å²) < 4.78 is 2.14. The van der Waals surface area contributed by atoms with Gasteiger partial charge in [-0.2, -0.15) is 0 Å². The molecular weight excluding hydrogens is 338 g/mol. The van der Waals surface area contributed by atoms with Crippen LogP contribution < -0.4 is 0 Å². The van der Waals surface area contributed by atoms with E-state index in [1.165, 1.54) is 11.3 Å². The summed E-state index contributed by atoms with van der Waals surface area (Å²) in [5.74, 6) is 0.218. The average molecular weight is 362 g/mol. The molecule has 3 rings (SSSR count). The molecule has 0 unspecified atom stereocenters. The largest absolute Gasteiger partial charge is 0.391 e. The first-order valence-corrected chi connectivity index (χ1v) is 8.87. The lowest BCUT2D eigenvalue weighted by atomic mass is 9.90. The minimum atomic E-state index is -0.299. The highest BCUT2D eigenvalue weighted by Gasteiger charge is 2.37. The molecule has 0 saturated carbocycles. The highest BCUT2D eigenvalue weighted by atomic mass is 35.5. The molecule has 1 aromatic rings. The summed E-state index contributed by atoms with van der Waals surface area (Å²) >= 11 is 6.18. The monoisotopic (exact) mass is 361 g/mol. The molecule has 2 aliphatic rings. The molecule has 0 aromatic carbocycles. The highest BCUT2D eigenvalue weighted by Crippen LogP contribution is 2.39. The second kappa shape index (κ2) is 6.46. The minimum absolute atomic E-state index is 0.118. The predicted molar refractivity (Wildman–Crippen MR) is 99.9 cm³/mol. The van der Waals surface area contributed by atoms with E-state index in [9.17, 15) is 9.90 Å². The van der Waals surface area contributed by atoms with Crippen molar-refractivity contribution in [3.63, 3.8) is 0 Å². The zero-order valence-electron chi connectivity index (χ0n) is 15.0. The number of aliphatic hydroxyl groups is 1. The number of amides is 1. The normalized spacial score (nSPS) is 20.3. The fourth-order valence-electron chi connectivity index (χ4n) is 3.88. The van der Waals surface area contributed by atoms with Crippen LogP contribution in [0.2, 0.25) is 0 Å². The summed E-state index contributed by atoms with van der Waals surface area (Å²) in [6.45, 7) is 10.8. The fourth-order valence-corrected chi connectivity index (χ4v) is 4.03. The highest BCUT2D eigenvalue weighted by molar-refractivity contribution is 6.32. The smallest absolute Gasteiger partial charge is 0.276 e. The Bertz CT molecular complexity index is 802. The second-order valence-corrected chi connectivity index (χ2v) is 7.79. The van der Waals surface area contributed by atoms with E-state index in [-0.39, 0.29) is 17.9 Å². The Morgan fingerprint density at radius 1 is 1.44 bits per heavy atom. The molecule has 1 amide bonds. The lowest BCUT2D eigenvalue weighted by molar-refractivity contribution is 0.0754. The van der Waals surface area contributed by atoms with E-state index in [0.717, 1.165) is 12.8 Å². The molecule has 0 saturated heterocycles. The standard InChI is InChI=1S/C19H24ClN3O2/c1-5-14(20)13(11-24)17(21-4)23-7-6-22-15(18(23)25)8-12-9-19(2,3)10-16(12)22/h5,8,24H,4,6-7,9-11H2,1-3H3/b14-5+,17-13+. The molecule has 0 atom stereocenters. The van der Waals surface area contributed by atoms with Gasteiger partial charge in [-0.1, -0.05) is 31.5 Å². The summed E-state index contributed by atoms with van der Waals surface area (Å²) in [4.78, 5) is 18.6. The summed E-state index contributed by atoms with van der Waals surface area (Å²) in [5.41, 5.74) is 3.90. The molecule has 134 valence electrons. The van der Waals surface area contributed by atoms with Gasteiger partial charge in [-0.3, -0.25) is 9.69 Å². The van der Waals surface area contributed by atoms with Crippen LogP contribution in [0.3, 0.4) is 0 Å². The Morgan fingerprint density at radius 3 is 2.76 bits per heavy atom. The van der Waals surface area contributed by atoms with Crippen molar-refractivity contribution >= 4 is 24.2 Å². The van der Waals surface area contributed by atoms with Crippen molar-refractivity contribution in [3.05, 3.63) is 45.5 Å². The number of carbonyl (C=O) groups excluding carboxylic acids is 1. The Kier molecular flexibility index (Phi) is 4.64. The molecule has 6 heteroatoms. The third-order valence-corrected chi connectivity index (χ3v) is 5.45. The van der Waals surface area contributed by atoms with Crippen LogP contribution in [0.5, 0.6) is 0 Å². The van der Waals surface area contributed by atoms with E-state index in [0.29, 0.717) is 35.2 Å². The molecule has 1 N–H and O–H groups in total. The molecule has 5 nitrogen and oxygen atoms in total. The van der Waals surface area contributed by atoms with Gasteiger partial charge in [-0.25, -0.2) is 4.99 Å². The number of aliphatic hydroxyl groups excluding tert-OH is 1. The molecule has 1 aromatic heterocycles. The number of rotatable bonds is 4. The number of hydrogen-bond acceptors (Lipinski definition) is 3. The Balaban J connectivity index is 2.01. The summed E-state index contributed by atoms with van der Waals surface area (Å²) in [5, 5.41) is 10.1. The van der Waals surface area contributed by atoms with Crippen LogP contribution in [-0.2, 0) is 19.4 Å². The number of carbonyl (C=O) groups is 1. The number of hydrogen-bond donors (Lipinski definition) is 1. The van der Waals surface area contributed by atoms with E-state index < -0.39 is 0 Å². The molecule has 2 heterocycles. The molecule has 1 aliphatic carbocycles. The van der Waals surface area contributed by atoms with E-state index in [4.69, 9.17) is 11.6 Å². The van der Waals surface area contributed by atoms with Gasteiger partial charge in [0, 0.05) is 29.4 Å². The minimum Gasteiger partial charge on any atom is -0.391 e. The quantitative estimate of drug-likeness (QED) is 0.661. The molecule has 1 aliphatic heterocycles. The van der Waals surface area contributed by atoms with Crippen molar-refractivity contribution in [2.75, 3.05) is 13.2 Å². The molecule has 0 radical (unpaired) electrons. The number of fused-ring (bicyclic) bond motifs is 3. The zero-order chi connectivity index (χ0) is 18.4. The maximum Gasteiger partial charge on any atom is 0.276 e. The van der Waals surface area contributed by atoms with Gasteiger partial charge < -0.3 is 9.67 Å². The fraction of sp³-hybridized carbons (Fsp3) is 0.474. The molecule has 25 heavy (non-hydrogen) atoms. The van der Waals surface area contributed by atoms with Gasteiger partial charge in [0.05, 0.1) is 6.61 Å². The van der Waals surface area contributed by atoms with E-state index in [2.05, 4.69) is 30.1 Å². The number of allylic oxidation sites excluding steroid dienone is 1. The van der Waals surface area contributed by atoms with Gasteiger partial charge >= 0.3 is 0 Å². The molecular formula is C19H24ClN3O2. The Morgan fingerprint density at radius 2 is 2.16 bits per heavy atom. The van der Waals surface area contributed by atoms with Crippen molar-refractivity contribution < 1.29 is 9.90 Å². The number of nitrogens with zero attached hydrogens (tertiary/aromatic N) is 3. The lowest BCUT2D eigenvalue weighted by Crippen LogP contribution is -2.40. The van der Waals surface area contributed by atoms with Gasteiger partial charge in [0.15, 0.2) is 0 Å². The van der Waals surface area contributed by atoms with Crippen molar-refractivity contribution in [2.24, 2.45) is 10.4 Å². The average Bonchev–Trinajstić information content (AvgIpc) is 3.05. The van der Waals surface area contributed by atoms with Gasteiger partial charge in [-0.15, -0.1) is 0 Å². The Hall–Kier alpha value is -1.85. The first kappa shape index (κ1) is 18.0. The van der Waals surface area contributed by atoms with Crippen molar-refractivity contribution in [1.29, 1.82) is 0 Å². The van der Waals surface area contributed by atoms with Gasteiger partial charge in [0.2, 0.25) is 0 Å².